The normalized spacial score (nSPS) is 32.3. The molecule has 0 saturated heterocycles. The summed E-state index contributed by atoms with van der Waals surface area (Å²) in [5.74, 6) is 2.49. The van der Waals surface area contributed by atoms with Crippen molar-refractivity contribution in [3.05, 3.63) is 29.8 Å². The molecule has 4 aliphatic rings. The zero-order valence-corrected chi connectivity index (χ0v) is 14.7. The largest absolute Gasteiger partial charge is 0.484 e. The van der Waals surface area contributed by atoms with Crippen molar-refractivity contribution >= 4 is 11.9 Å². The predicted octanol–water partition coefficient (Wildman–Crippen LogP) is 3.17. The number of ether oxygens (including phenoxy) is 1. The molecule has 4 fully saturated rings. The van der Waals surface area contributed by atoms with Crippen LogP contribution in [0.4, 0.5) is 4.79 Å². The molecule has 0 atom stereocenters. The van der Waals surface area contributed by atoms with Gasteiger partial charge in [-0.2, -0.15) is 0 Å². The second-order valence-electron chi connectivity index (χ2n) is 8.31. The van der Waals surface area contributed by atoms with Crippen LogP contribution in [0.5, 0.6) is 5.75 Å². The van der Waals surface area contributed by atoms with Crippen LogP contribution in [-0.4, -0.2) is 24.1 Å². The third kappa shape index (κ3) is 3.65. The van der Waals surface area contributed by atoms with E-state index in [4.69, 9.17) is 4.74 Å². The molecule has 4 bridgehead atoms. The molecule has 0 aliphatic heterocycles. The van der Waals surface area contributed by atoms with Gasteiger partial charge in [0.05, 0.1) is 0 Å². The maximum Gasteiger partial charge on any atom is 0.321 e. The van der Waals surface area contributed by atoms with Gasteiger partial charge in [-0.15, -0.1) is 0 Å². The van der Waals surface area contributed by atoms with Gasteiger partial charge in [0.15, 0.2) is 6.61 Å². The Kier molecular flexibility index (Phi) is 4.18. The number of amides is 3. The number of nitrogens with one attached hydrogen (secondary N) is 2. The number of carbonyl (C=O) groups excluding carboxylic acids is 2. The van der Waals surface area contributed by atoms with E-state index in [0.717, 1.165) is 42.6 Å². The minimum atomic E-state index is -0.413. The van der Waals surface area contributed by atoms with Gasteiger partial charge in [0.1, 0.15) is 5.75 Å². The summed E-state index contributed by atoms with van der Waals surface area (Å²) in [7, 11) is 0. The Labute approximate surface area is 148 Å². The van der Waals surface area contributed by atoms with E-state index >= 15 is 0 Å². The lowest BCUT2D eigenvalue weighted by molar-refractivity contribution is -0.122. The van der Waals surface area contributed by atoms with E-state index in [1.807, 2.05) is 25.1 Å². The summed E-state index contributed by atoms with van der Waals surface area (Å²) in [6.45, 7) is 1.81. The molecule has 0 unspecified atom stereocenters. The van der Waals surface area contributed by atoms with Gasteiger partial charge >= 0.3 is 6.03 Å². The third-order valence-corrected chi connectivity index (χ3v) is 6.03. The molecule has 5 nitrogen and oxygen atoms in total. The number of carbonyl (C=O) groups is 2. The third-order valence-electron chi connectivity index (χ3n) is 6.03. The summed E-state index contributed by atoms with van der Waals surface area (Å²) in [5, 5.41) is 5.56. The van der Waals surface area contributed by atoms with Crippen molar-refractivity contribution < 1.29 is 14.3 Å². The van der Waals surface area contributed by atoms with Gasteiger partial charge in [-0.25, -0.2) is 4.79 Å². The molecule has 0 spiro atoms. The molecular formula is C20H26N2O3. The first-order valence-corrected chi connectivity index (χ1v) is 9.31. The molecule has 0 radical (unpaired) electrons. The van der Waals surface area contributed by atoms with E-state index in [0.29, 0.717) is 5.75 Å². The number of hydrogen-bond acceptors (Lipinski definition) is 3. The molecule has 4 saturated carbocycles. The number of urea groups is 1. The smallest absolute Gasteiger partial charge is 0.321 e. The first kappa shape index (κ1) is 16.4. The van der Waals surface area contributed by atoms with Crippen molar-refractivity contribution in [2.75, 3.05) is 6.61 Å². The highest BCUT2D eigenvalue weighted by Crippen LogP contribution is 2.55. The Bertz CT molecular complexity index is 650. The lowest BCUT2D eigenvalue weighted by Gasteiger charge is -2.56. The second-order valence-corrected chi connectivity index (χ2v) is 8.31. The summed E-state index contributed by atoms with van der Waals surface area (Å²) < 4.78 is 5.45. The SMILES string of the molecule is Cc1cccc(OCC(=O)NC(=O)NC23CC4CC(CC(C4)C2)C3)c1. The quantitative estimate of drug-likeness (QED) is 0.883. The highest BCUT2D eigenvalue weighted by atomic mass is 16.5. The fourth-order valence-corrected chi connectivity index (χ4v) is 5.55. The Morgan fingerprint density at radius 1 is 1.12 bits per heavy atom. The zero-order valence-electron chi connectivity index (χ0n) is 14.7. The van der Waals surface area contributed by atoms with Crippen LogP contribution in [0.25, 0.3) is 0 Å². The van der Waals surface area contributed by atoms with E-state index in [1.165, 1.54) is 19.3 Å². The van der Waals surface area contributed by atoms with Gasteiger partial charge in [-0.05, 0) is 80.9 Å². The molecule has 0 heterocycles. The van der Waals surface area contributed by atoms with Crippen LogP contribution < -0.4 is 15.4 Å². The Morgan fingerprint density at radius 2 is 1.76 bits per heavy atom. The highest BCUT2D eigenvalue weighted by molar-refractivity contribution is 5.95. The van der Waals surface area contributed by atoms with Gasteiger partial charge in [0.25, 0.3) is 5.91 Å². The van der Waals surface area contributed by atoms with Crippen LogP contribution in [0.3, 0.4) is 0 Å². The molecule has 1 aromatic rings. The van der Waals surface area contributed by atoms with Crippen molar-refractivity contribution in [3.63, 3.8) is 0 Å². The maximum atomic E-state index is 12.3. The Morgan fingerprint density at radius 3 is 2.36 bits per heavy atom. The van der Waals surface area contributed by atoms with Crippen LogP contribution in [-0.2, 0) is 4.79 Å². The Hall–Kier alpha value is -2.04. The van der Waals surface area contributed by atoms with E-state index in [-0.39, 0.29) is 18.2 Å². The predicted molar refractivity (Wildman–Crippen MR) is 94.3 cm³/mol. The van der Waals surface area contributed by atoms with Crippen LogP contribution in [0, 0.1) is 24.7 Å². The fourth-order valence-electron chi connectivity index (χ4n) is 5.55. The first-order valence-electron chi connectivity index (χ1n) is 9.31. The minimum absolute atomic E-state index is 0.0868. The molecule has 5 rings (SSSR count). The number of rotatable bonds is 4. The molecule has 3 amide bonds. The zero-order chi connectivity index (χ0) is 17.4. The van der Waals surface area contributed by atoms with Crippen LogP contribution in [0.2, 0.25) is 0 Å². The van der Waals surface area contributed by atoms with Crippen molar-refractivity contribution in [3.8, 4) is 5.75 Å². The monoisotopic (exact) mass is 342 g/mol. The topological polar surface area (TPSA) is 67.4 Å². The summed E-state index contributed by atoms with van der Waals surface area (Å²) in [4.78, 5) is 24.3. The summed E-state index contributed by atoms with van der Waals surface area (Å²) in [6.07, 6.45) is 7.19. The molecule has 4 aliphatic carbocycles. The molecule has 1 aromatic carbocycles. The van der Waals surface area contributed by atoms with E-state index in [9.17, 15) is 9.59 Å². The van der Waals surface area contributed by atoms with E-state index in [2.05, 4.69) is 10.6 Å². The number of imide groups is 1. The first-order chi connectivity index (χ1) is 12.0. The lowest BCUT2D eigenvalue weighted by Crippen LogP contribution is -2.62. The number of hydrogen-bond donors (Lipinski definition) is 2. The molecule has 2 N–H and O–H groups in total. The summed E-state index contributed by atoms with van der Waals surface area (Å²) in [5.41, 5.74) is 0.980. The molecule has 25 heavy (non-hydrogen) atoms. The molecule has 0 aromatic heterocycles. The van der Waals surface area contributed by atoms with E-state index < -0.39 is 5.91 Å². The van der Waals surface area contributed by atoms with Crippen LogP contribution in [0.1, 0.15) is 44.1 Å². The molecule has 5 heteroatoms. The van der Waals surface area contributed by atoms with Crippen LogP contribution in [0.15, 0.2) is 24.3 Å². The van der Waals surface area contributed by atoms with Crippen LogP contribution >= 0.6 is 0 Å². The molecule has 134 valence electrons. The fraction of sp³-hybridized carbons (Fsp3) is 0.600. The average Bonchev–Trinajstić information content (AvgIpc) is 2.51. The minimum Gasteiger partial charge on any atom is -0.484 e. The highest BCUT2D eigenvalue weighted by Gasteiger charge is 2.51. The maximum absolute atomic E-state index is 12.3. The van der Waals surface area contributed by atoms with Gasteiger partial charge < -0.3 is 10.1 Å². The van der Waals surface area contributed by atoms with Crippen molar-refractivity contribution in [1.82, 2.24) is 10.6 Å². The number of aryl methyl sites for hydroxylation is 1. The Balaban J connectivity index is 1.28. The average molecular weight is 342 g/mol. The molecular weight excluding hydrogens is 316 g/mol. The number of benzene rings is 1. The summed E-state index contributed by atoms with van der Waals surface area (Å²) >= 11 is 0. The van der Waals surface area contributed by atoms with Crippen molar-refractivity contribution in [2.24, 2.45) is 17.8 Å². The van der Waals surface area contributed by atoms with Gasteiger partial charge in [0.2, 0.25) is 0 Å². The second kappa shape index (κ2) is 6.36. The van der Waals surface area contributed by atoms with Gasteiger partial charge in [-0.3, -0.25) is 10.1 Å². The summed E-state index contributed by atoms with van der Waals surface area (Å²) in [6, 6.07) is 7.13. The van der Waals surface area contributed by atoms with Gasteiger partial charge in [-0.1, -0.05) is 12.1 Å². The van der Waals surface area contributed by atoms with Crippen molar-refractivity contribution in [1.29, 1.82) is 0 Å². The van der Waals surface area contributed by atoms with Gasteiger partial charge in [0, 0.05) is 5.54 Å². The van der Waals surface area contributed by atoms with Crippen molar-refractivity contribution in [2.45, 2.75) is 51.0 Å². The van der Waals surface area contributed by atoms with E-state index in [1.54, 1.807) is 6.07 Å². The standard InChI is InChI=1S/C20H26N2O3/c1-13-3-2-4-17(5-13)25-12-18(23)21-19(24)22-20-9-14-6-15(10-20)8-16(7-14)11-20/h2-5,14-16H,6-12H2,1H3,(H2,21,22,23,24). The lowest BCUT2D eigenvalue weighted by atomic mass is 9.53.